The molecule has 0 spiro atoms. The summed E-state index contributed by atoms with van der Waals surface area (Å²) in [5, 5.41) is 3.63. The molecule has 1 N–H and O–H groups in total. The summed E-state index contributed by atoms with van der Waals surface area (Å²) < 4.78 is 10.6. The molecular weight excluding hydrogens is 292 g/mol. The van der Waals surface area contributed by atoms with E-state index in [4.69, 9.17) is 9.47 Å². The number of methoxy groups -OCH3 is 1. The highest BCUT2D eigenvalue weighted by Crippen LogP contribution is 2.17. The van der Waals surface area contributed by atoms with E-state index in [1.54, 1.807) is 7.11 Å². The number of nitrogens with zero attached hydrogens (tertiary/aromatic N) is 1. The Kier molecular flexibility index (Phi) is 5.51. The van der Waals surface area contributed by atoms with Gasteiger partial charge in [0.2, 0.25) is 5.91 Å². The quantitative estimate of drug-likeness (QED) is 0.866. The van der Waals surface area contributed by atoms with Crippen molar-refractivity contribution in [3.8, 4) is 5.75 Å². The van der Waals surface area contributed by atoms with Crippen LogP contribution in [-0.4, -0.2) is 56.3 Å². The second kappa shape index (κ2) is 7.79. The van der Waals surface area contributed by atoms with Gasteiger partial charge < -0.3 is 19.7 Å². The Balaban J connectivity index is 1.45. The number of ether oxygens (including phenoxy) is 2. The predicted molar refractivity (Wildman–Crippen MR) is 88.7 cm³/mol. The number of carbonyl (C=O) groups is 1. The van der Waals surface area contributed by atoms with Crippen molar-refractivity contribution in [2.45, 2.75) is 37.8 Å². The molecule has 2 heterocycles. The fourth-order valence-corrected chi connectivity index (χ4v) is 3.35. The Morgan fingerprint density at radius 3 is 2.65 bits per heavy atom. The van der Waals surface area contributed by atoms with Crippen molar-refractivity contribution < 1.29 is 14.3 Å². The smallest absolute Gasteiger partial charge is 0.224 e. The Morgan fingerprint density at radius 2 is 1.96 bits per heavy atom. The lowest BCUT2D eigenvalue weighted by molar-refractivity contribution is -0.127. The van der Waals surface area contributed by atoms with E-state index in [9.17, 15) is 4.79 Å². The molecule has 0 aromatic heterocycles. The molecule has 0 aliphatic carbocycles. The monoisotopic (exact) mass is 318 g/mol. The van der Waals surface area contributed by atoms with Gasteiger partial charge in [-0.25, -0.2) is 0 Å². The maximum atomic E-state index is 12.2. The van der Waals surface area contributed by atoms with Crippen LogP contribution in [0.3, 0.4) is 0 Å². The zero-order valence-electron chi connectivity index (χ0n) is 13.8. The minimum absolute atomic E-state index is 0.267. The summed E-state index contributed by atoms with van der Waals surface area (Å²) in [6.07, 6.45) is 3.62. The molecule has 1 amide bonds. The third-order valence-electron chi connectivity index (χ3n) is 4.74. The first-order valence-electron chi connectivity index (χ1n) is 8.49. The molecule has 0 radical (unpaired) electrons. The van der Waals surface area contributed by atoms with Crippen LogP contribution < -0.4 is 10.1 Å². The van der Waals surface area contributed by atoms with Crippen LogP contribution in [0.25, 0.3) is 0 Å². The molecular formula is C18H26N2O3. The standard InChI is InChI=1S/C18H26N2O3/c1-22-17-4-2-14(3-5-17)6-9-20-13-16(12-18(20)21)19-15-7-10-23-11-8-15/h2-5,15-16,19H,6-13H2,1H3. The third kappa shape index (κ3) is 4.45. The summed E-state index contributed by atoms with van der Waals surface area (Å²) in [7, 11) is 1.67. The van der Waals surface area contributed by atoms with Crippen LogP contribution in [0, 0.1) is 0 Å². The summed E-state index contributed by atoms with van der Waals surface area (Å²) in [6, 6.07) is 8.87. The second-order valence-corrected chi connectivity index (χ2v) is 6.39. The van der Waals surface area contributed by atoms with Gasteiger partial charge in [0.25, 0.3) is 0 Å². The lowest BCUT2D eigenvalue weighted by Gasteiger charge is -2.26. The van der Waals surface area contributed by atoms with Crippen LogP contribution in [0.4, 0.5) is 0 Å². The lowest BCUT2D eigenvalue weighted by atomic mass is 10.1. The highest BCUT2D eigenvalue weighted by Gasteiger charge is 2.30. The van der Waals surface area contributed by atoms with Gasteiger partial charge in [-0.3, -0.25) is 4.79 Å². The van der Waals surface area contributed by atoms with Crippen LogP contribution in [0.1, 0.15) is 24.8 Å². The van der Waals surface area contributed by atoms with E-state index in [0.29, 0.717) is 18.5 Å². The van der Waals surface area contributed by atoms with Gasteiger partial charge in [-0.05, 0) is 37.0 Å². The number of carbonyl (C=O) groups excluding carboxylic acids is 1. The van der Waals surface area contributed by atoms with E-state index in [0.717, 1.165) is 51.3 Å². The Bertz CT molecular complexity index is 512. The van der Waals surface area contributed by atoms with E-state index in [-0.39, 0.29) is 5.91 Å². The van der Waals surface area contributed by atoms with Gasteiger partial charge in [0.05, 0.1) is 7.11 Å². The molecule has 3 rings (SSSR count). The van der Waals surface area contributed by atoms with Crippen molar-refractivity contribution in [2.24, 2.45) is 0 Å². The first-order chi connectivity index (χ1) is 11.2. The van der Waals surface area contributed by atoms with Crippen molar-refractivity contribution in [1.82, 2.24) is 10.2 Å². The third-order valence-corrected chi connectivity index (χ3v) is 4.74. The van der Waals surface area contributed by atoms with E-state index >= 15 is 0 Å². The molecule has 5 heteroatoms. The Labute approximate surface area is 137 Å². The van der Waals surface area contributed by atoms with Crippen LogP contribution in [-0.2, 0) is 16.0 Å². The molecule has 1 unspecified atom stereocenters. The number of hydrogen-bond acceptors (Lipinski definition) is 4. The Hall–Kier alpha value is -1.59. The number of amides is 1. The van der Waals surface area contributed by atoms with Gasteiger partial charge >= 0.3 is 0 Å². The van der Waals surface area contributed by atoms with Crippen molar-refractivity contribution >= 4 is 5.91 Å². The minimum Gasteiger partial charge on any atom is -0.497 e. The van der Waals surface area contributed by atoms with Gasteiger partial charge in [-0.15, -0.1) is 0 Å². The zero-order chi connectivity index (χ0) is 16.1. The largest absolute Gasteiger partial charge is 0.497 e. The number of likely N-dealkylation sites (tertiary alicyclic amines) is 1. The topological polar surface area (TPSA) is 50.8 Å². The van der Waals surface area contributed by atoms with Gasteiger partial charge in [-0.2, -0.15) is 0 Å². The van der Waals surface area contributed by atoms with Crippen LogP contribution in [0.5, 0.6) is 5.75 Å². The van der Waals surface area contributed by atoms with Gasteiger partial charge in [-0.1, -0.05) is 12.1 Å². The molecule has 0 bridgehead atoms. The molecule has 5 nitrogen and oxygen atoms in total. The maximum Gasteiger partial charge on any atom is 0.224 e. The maximum absolute atomic E-state index is 12.2. The fraction of sp³-hybridized carbons (Fsp3) is 0.611. The SMILES string of the molecule is COc1ccc(CCN2CC(NC3CCOCC3)CC2=O)cc1. The normalized spacial score (nSPS) is 22.6. The van der Waals surface area contributed by atoms with E-state index in [2.05, 4.69) is 17.4 Å². The highest BCUT2D eigenvalue weighted by molar-refractivity contribution is 5.79. The van der Waals surface area contributed by atoms with Crippen molar-refractivity contribution in [3.63, 3.8) is 0 Å². The van der Waals surface area contributed by atoms with E-state index < -0.39 is 0 Å². The summed E-state index contributed by atoms with van der Waals surface area (Å²) in [6.45, 7) is 3.28. The molecule has 1 atom stereocenters. The van der Waals surface area contributed by atoms with Gasteiger partial charge in [0.15, 0.2) is 0 Å². The summed E-state index contributed by atoms with van der Waals surface area (Å²) in [5.41, 5.74) is 1.24. The Morgan fingerprint density at radius 1 is 1.22 bits per heavy atom. The molecule has 2 aliphatic rings. The number of rotatable bonds is 6. The van der Waals surface area contributed by atoms with Crippen LogP contribution in [0.15, 0.2) is 24.3 Å². The molecule has 23 heavy (non-hydrogen) atoms. The summed E-state index contributed by atoms with van der Waals surface area (Å²) in [4.78, 5) is 14.2. The molecule has 2 aliphatic heterocycles. The number of hydrogen-bond donors (Lipinski definition) is 1. The predicted octanol–water partition coefficient (Wildman–Crippen LogP) is 1.61. The first-order valence-corrected chi connectivity index (χ1v) is 8.49. The molecule has 2 saturated heterocycles. The van der Waals surface area contributed by atoms with Crippen molar-refractivity contribution in [2.75, 3.05) is 33.4 Å². The molecule has 1 aromatic rings. The van der Waals surface area contributed by atoms with Crippen LogP contribution in [0.2, 0.25) is 0 Å². The molecule has 1 aromatic carbocycles. The highest BCUT2D eigenvalue weighted by atomic mass is 16.5. The van der Waals surface area contributed by atoms with Gasteiger partial charge in [0.1, 0.15) is 5.75 Å². The average molecular weight is 318 g/mol. The first kappa shape index (κ1) is 16.3. The fourth-order valence-electron chi connectivity index (χ4n) is 3.35. The molecule has 2 fully saturated rings. The zero-order valence-corrected chi connectivity index (χ0v) is 13.8. The number of nitrogens with one attached hydrogen (secondary N) is 1. The second-order valence-electron chi connectivity index (χ2n) is 6.39. The van der Waals surface area contributed by atoms with E-state index in [1.165, 1.54) is 5.56 Å². The summed E-state index contributed by atoms with van der Waals surface area (Å²) >= 11 is 0. The van der Waals surface area contributed by atoms with E-state index in [1.807, 2.05) is 17.0 Å². The van der Waals surface area contributed by atoms with Gasteiger partial charge in [0, 0.05) is 44.8 Å². The van der Waals surface area contributed by atoms with Crippen molar-refractivity contribution in [3.05, 3.63) is 29.8 Å². The average Bonchev–Trinajstić information content (AvgIpc) is 2.94. The summed E-state index contributed by atoms with van der Waals surface area (Å²) in [5.74, 6) is 1.13. The molecule has 126 valence electrons. The lowest BCUT2D eigenvalue weighted by Crippen LogP contribution is -2.43. The molecule has 0 saturated carbocycles. The minimum atomic E-state index is 0.267. The van der Waals surface area contributed by atoms with Crippen LogP contribution >= 0.6 is 0 Å². The van der Waals surface area contributed by atoms with Crippen molar-refractivity contribution in [1.29, 1.82) is 0 Å². The number of benzene rings is 1.